The van der Waals surface area contributed by atoms with Crippen LogP contribution in [0, 0.1) is 18.7 Å². The largest absolute Gasteiger partial charge is 0.207 e. The topological polar surface area (TPSA) is 0 Å². The van der Waals surface area contributed by atoms with Crippen LogP contribution in [0.1, 0.15) is 23.6 Å². The van der Waals surface area contributed by atoms with Crippen LogP contribution in [0.2, 0.25) is 0 Å². The maximum absolute atomic E-state index is 12.9. The second-order valence-electron chi connectivity index (χ2n) is 3.87. The second-order valence-corrected chi connectivity index (χ2v) is 3.87. The van der Waals surface area contributed by atoms with Gasteiger partial charge in [-0.1, -0.05) is 6.92 Å². The van der Waals surface area contributed by atoms with Gasteiger partial charge in [0.2, 0.25) is 0 Å². The van der Waals surface area contributed by atoms with Crippen molar-refractivity contribution in [1.29, 1.82) is 0 Å². The molecule has 0 amide bonds. The van der Waals surface area contributed by atoms with Gasteiger partial charge in [-0.3, -0.25) is 0 Å². The zero-order valence-corrected chi connectivity index (χ0v) is 7.52. The minimum atomic E-state index is -0.0830. The molecule has 0 saturated heterocycles. The monoisotopic (exact) mass is 164 g/mol. The molecular formula is C11H13F. The fourth-order valence-electron chi connectivity index (χ4n) is 2.11. The molecule has 1 heteroatoms. The van der Waals surface area contributed by atoms with E-state index in [4.69, 9.17) is 0 Å². The van der Waals surface area contributed by atoms with Crippen LogP contribution in [0.5, 0.6) is 0 Å². The summed E-state index contributed by atoms with van der Waals surface area (Å²) in [5, 5.41) is 0. The van der Waals surface area contributed by atoms with E-state index in [0.717, 1.165) is 18.4 Å². The third-order valence-corrected chi connectivity index (χ3v) is 2.65. The van der Waals surface area contributed by atoms with E-state index < -0.39 is 0 Å². The van der Waals surface area contributed by atoms with Gasteiger partial charge in [-0.25, -0.2) is 4.39 Å². The van der Waals surface area contributed by atoms with Crippen molar-refractivity contribution < 1.29 is 4.39 Å². The Morgan fingerprint density at radius 2 is 2.08 bits per heavy atom. The van der Waals surface area contributed by atoms with Crippen molar-refractivity contribution in [3.63, 3.8) is 0 Å². The maximum atomic E-state index is 12.9. The van der Waals surface area contributed by atoms with Crippen LogP contribution in [0.3, 0.4) is 0 Å². The molecule has 12 heavy (non-hydrogen) atoms. The third kappa shape index (κ3) is 1.13. The van der Waals surface area contributed by atoms with Crippen LogP contribution in [-0.4, -0.2) is 0 Å². The molecule has 0 radical (unpaired) electrons. The lowest BCUT2D eigenvalue weighted by atomic mass is 10.0. The molecule has 1 aromatic rings. The van der Waals surface area contributed by atoms with Crippen LogP contribution in [0.4, 0.5) is 4.39 Å². The van der Waals surface area contributed by atoms with Crippen LogP contribution >= 0.6 is 0 Å². The Morgan fingerprint density at radius 3 is 2.83 bits per heavy atom. The van der Waals surface area contributed by atoms with E-state index in [1.807, 2.05) is 6.92 Å². The smallest absolute Gasteiger partial charge is 0.123 e. The molecule has 0 bridgehead atoms. The van der Waals surface area contributed by atoms with Crippen LogP contribution in [0.15, 0.2) is 12.1 Å². The first kappa shape index (κ1) is 7.78. The van der Waals surface area contributed by atoms with Crippen molar-refractivity contribution >= 4 is 0 Å². The second kappa shape index (κ2) is 2.58. The highest BCUT2D eigenvalue weighted by atomic mass is 19.1. The molecule has 64 valence electrons. The molecule has 0 nitrogen and oxygen atoms in total. The molecule has 0 spiro atoms. The van der Waals surface area contributed by atoms with E-state index >= 15 is 0 Å². The molecule has 0 aromatic heterocycles. The standard InChI is InChI=1S/C11H13F/c1-7-3-9-6-10(12)5-8(2)11(9)4-7/h5-7H,3-4H2,1-2H3. The number of halogens is 1. The van der Waals surface area contributed by atoms with Gasteiger partial charge < -0.3 is 0 Å². The van der Waals surface area contributed by atoms with E-state index in [9.17, 15) is 4.39 Å². The van der Waals surface area contributed by atoms with Crippen molar-refractivity contribution in [2.45, 2.75) is 26.7 Å². The SMILES string of the molecule is Cc1cc(F)cc2c1CC(C)C2. The third-order valence-electron chi connectivity index (χ3n) is 2.65. The Balaban J connectivity index is 2.52. The fraction of sp³-hybridized carbons (Fsp3) is 0.455. The Morgan fingerprint density at radius 1 is 1.33 bits per heavy atom. The highest BCUT2D eigenvalue weighted by molar-refractivity contribution is 5.38. The average molecular weight is 164 g/mol. The summed E-state index contributed by atoms with van der Waals surface area (Å²) in [5.41, 5.74) is 3.72. The van der Waals surface area contributed by atoms with E-state index in [1.54, 1.807) is 12.1 Å². The average Bonchev–Trinajstić information content (AvgIpc) is 2.29. The fourth-order valence-corrected chi connectivity index (χ4v) is 2.11. The molecule has 1 aromatic carbocycles. The molecule has 1 aliphatic carbocycles. The summed E-state index contributed by atoms with van der Waals surface area (Å²) in [6.07, 6.45) is 2.18. The molecule has 0 heterocycles. The van der Waals surface area contributed by atoms with Crippen molar-refractivity contribution in [3.05, 3.63) is 34.6 Å². The summed E-state index contributed by atoms with van der Waals surface area (Å²) < 4.78 is 12.9. The molecule has 0 aliphatic heterocycles. The Kier molecular flexibility index (Phi) is 1.67. The van der Waals surface area contributed by atoms with Gasteiger partial charge in [0, 0.05) is 0 Å². The number of aryl methyl sites for hydroxylation is 1. The first-order chi connectivity index (χ1) is 5.66. The van der Waals surface area contributed by atoms with Gasteiger partial charge in [0.25, 0.3) is 0 Å². The number of benzene rings is 1. The molecule has 2 rings (SSSR count). The quantitative estimate of drug-likeness (QED) is 0.553. The van der Waals surface area contributed by atoms with Crippen LogP contribution in [0.25, 0.3) is 0 Å². The lowest BCUT2D eigenvalue weighted by molar-refractivity contribution is 0.618. The van der Waals surface area contributed by atoms with Gasteiger partial charge in [0.1, 0.15) is 5.82 Å². The Labute approximate surface area is 72.4 Å². The van der Waals surface area contributed by atoms with Crippen molar-refractivity contribution in [3.8, 4) is 0 Å². The summed E-state index contributed by atoms with van der Waals surface area (Å²) in [4.78, 5) is 0. The number of fused-ring (bicyclic) bond motifs is 1. The first-order valence-corrected chi connectivity index (χ1v) is 4.44. The normalized spacial score (nSPS) is 21.1. The van der Waals surface area contributed by atoms with Gasteiger partial charge in [0.05, 0.1) is 0 Å². The molecular weight excluding hydrogens is 151 g/mol. The van der Waals surface area contributed by atoms with Gasteiger partial charge in [0.15, 0.2) is 0 Å². The van der Waals surface area contributed by atoms with Crippen molar-refractivity contribution in [2.75, 3.05) is 0 Å². The summed E-state index contributed by atoms with van der Waals surface area (Å²) in [7, 11) is 0. The predicted octanol–water partition coefficient (Wildman–Crippen LogP) is 2.87. The number of hydrogen-bond acceptors (Lipinski definition) is 0. The summed E-state index contributed by atoms with van der Waals surface area (Å²) in [6.45, 7) is 4.22. The summed E-state index contributed by atoms with van der Waals surface area (Å²) in [6, 6.07) is 3.32. The molecule has 0 N–H and O–H groups in total. The molecule has 1 unspecified atom stereocenters. The lowest BCUT2D eigenvalue weighted by Gasteiger charge is -2.02. The van der Waals surface area contributed by atoms with Gasteiger partial charge >= 0.3 is 0 Å². The zero-order chi connectivity index (χ0) is 8.72. The van der Waals surface area contributed by atoms with E-state index in [0.29, 0.717) is 5.92 Å². The molecule has 1 atom stereocenters. The first-order valence-electron chi connectivity index (χ1n) is 4.44. The zero-order valence-electron chi connectivity index (χ0n) is 7.52. The predicted molar refractivity (Wildman–Crippen MR) is 47.7 cm³/mol. The Bertz CT molecular complexity index is 315. The summed E-state index contributed by atoms with van der Waals surface area (Å²) >= 11 is 0. The van der Waals surface area contributed by atoms with E-state index in [2.05, 4.69) is 6.92 Å². The maximum Gasteiger partial charge on any atom is 0.123 e. The van der Waals surface area contributed by atoms with Crippen molar-refractivity contribution in [2.24, 2.45) is 5.92 Å². The lowest BCUT2D eigenvalue weighted by Crippen LogP contribution is -1.90. The minimum absolute atomic E-state index is 0.0830. The van der Waals surface area contributed by atoms with Crippen LogP contribution in [-0.2, 0) is 12.8 Å². The van der Waals surface area contributed by atoms with Gasteiger partial charge in [-0.15, -0.1) is 0 Å². The number of rotatable bonds is 0. The van der Waals surface area contributed by atoms with Crippen molar-refractivity contribution in [1.82, 2.24) is 0 Å². The highest BCUT2D eigenvalue weighted by Crippen LogP contribution is 2.29. The highest BCUT2D eigenvalue weighted by Gasteiger charge is 2.19. The van der Waals surface area contributed by atoms with Crippen LogP contribution < -0.4 is 0 Å². The van der Waals surface area contributed by atoms with E-state index in [1.165, 1.54) is 11.1 Å². The minimum Gasteiger partial charge on any atom is -0.207 e. The molecule has 1 aliphatic rings. The van der Waals surface area contributed by atoms with Gasteiger partial charge in [-0.05, 0) is 54.5 Å². The van der Waals surface area contributed by atoms with Gasteiger partial charge in [-0.2, -0.15) is 0 Å². The molecule has 0 fully saturated rings. The molecule has 0 saturated carbocycles. The van der Waals surface area contributed by atoms with E-state index in [-0.39, 0.29) is 5.82 Å². The Hall–Kier alpha value is -0.850. The summed E-state index contributed by atoms with van der Waals surface area (Å²) in [5.74, 6) is 0.612. The number of hydrogen-bond donors (Lipinski definition) is 0.